The second-order valence-electron chi connectivity index (χ2n) is 4.35. The number of nitrogens with one attached hydrogen (secondary N) is 2. The number of sulfonamides is 1. The summed E-state index contributed by atoms with van der Waals surface area (Å²) >= 11 is 3.37. The van der Waals surface area contributed by atoms with Crippen molar-refractivity contribution < 1.29 is 8.42 Å². The molecule has 1 heterocycles. The van der Waals surface area contributed by atoms with Gasteiger partial charge in [-0.1, -0.05) is 22.0 Å². The molecule has 0 spiro atoms. The van der Waals surface area contributed by atoms with E-state index in [1.807, 2.05) is 13.0 Å². The summed E-state index contributed by atoms with van der Waals surface area (Å²) in [5, 5.41) is 6.43. The normalized spacial score (nSPS) is 11.6. The van der Waals surface area contributed by atoms with E-state index >= 15 is 0 Å². The number of halogens is 1. The maximum Gasteiger partial charge on any atom is 0.281 e. The molecule has 0 fully saturated rings. The lowest BCUT2D eigenvalue weighted by Gasteiger charge is -2.11. The van der Waals surface area contributed by atoms with E-state index in [9.17, 15) is 8.42 Å². The predicted molar refractivity (Wildman–Crippen MR) is 80.9 cm³/mol. The minimum absolute atomic E-state index is 0.0584. The van der Waals surface area contributed by atoms with Crippen LogP contribution in [0.5, 0.6) is 0 Å². The van der Waals surface area contributed by atoms with Crippen molar-refractivity contribution in [2.45, 2.75) is 25.4 Å². The summed E-state index contributed by atoms with van der Waals surface area (Å²) < 4.78 is 28.2. The van der Waals surface area contributed by atoms with Gasteiger partial charge in [-0.3, -0.25) is 9.82 Å². The fraction of sp³-hybridized carbons (Fsp3) is 0.250. The highest BCUT2D eigenvalue weighted by Gasteiger charge is 2.23. The zero-order chi connectivity index (χ0) is 14.9. The molecule has 20 heavy (non-hydrogen) atoms. The Labute approximate surface area is 125 Å². The van der Waals surface area contributed by atoms with Gasteiger partial charge in [-0.25, -0.2) is 0 Å². The highest BCUT2D eigenvalue weighted by Crippen LogP contribution is 2.26. The Bertz CT molecular complexity index is 740. The molecule has 6 nitrogen and oxygen atoms in total. The smallest absolute Gasteiger partial charge is 0.281 e. The van der Waals surface area contributed by atoms with Gasteiger partial charge in [-0.15, -0.1) is 0 Å². The first-order chi connectivity index (χ1) is 9.36. The SMILES string of the molecule is Cc1[nH]nc(S(=O)(=O)Nc2cccc(Br)c2C)c1CN. The second-order valence-corrected chi connectivity index (χ2v) is 6.81. The zero-order valence-corrected chi connectivity index (χ0v) is 13.5. The first kappa shape index (κ1) is 15.0. The molecule has 0 radical (unpaired) electrons. The van der Waals surface area contributed by atoms with Crippen LogP contribution in [0.1, 0.15) is 16.8 Å². The van der Waals surface area contributed by atoms with Gasteiger partial charge in [0, 0.05) is 22.3 Å². The minimum atomic E-state index is -3.77. The molecule has 0 aliphatic rings. The Balaban J connectivity index is 2.44. The van der Waals surface area contributed by atoms with Crippen LogP contribution in [0.3, 0.4) is 0 Å². The Kier molecular flexibility index (Phi) is 4.17. The van der Waals surface area contributed by atoms with Crippen LogP contribution in [0.2, 0.25) is 0 Å². The first-order valence-electron chi connectivity index (χ1n) is 5.88. The van der Waals surface area contributed by atoms with E-state index in [1.165, 1.54) is 0 Å². The predicted octanol–water partition coefficient (Wildman–Crippen LogP) is 2.05. The minimum Gasteiger partial charge on any atom is -0.326 e. The number of aromatic nitrogens is 2. The molecule has 8 heteroatoms. The molecule has 0 atom stereocenters. The van der Waals surface area contributed by atoms with Crippen LogP contribution < -0.4 is 10.5 Å². The number of H-pyrrole nitrogens is 1. The number of benzene rings is 1. The van der Waals surface area contributed by atoms with Gasteiger partial charge in [0.25, 0.3) is 10.0 Å². The molecule has 0 unspecified atom stereocenters. The van der Waals surface area contributed by atoms with Crippen LogP contribution >= 0.6 is 15.9 Å². The van der Waals surface area contributed by atoms with E-state index in [0.29, 0.717) is 16.9 Å². The van der Waals surface area contributed by atoms with Gasteiger partial charge >= 0.3 is 0 Å². The molecule has 1 aromatic heterocycles. The number of nitrogens with two attached hydrogens (primary N) is 1. The van der Waals surface area contributed by atoms with Gasteiger partial charge in [0.2, 0.25) is 5.03 Å². The molecule has 4 N–H and O–H groups in total. The summed E-state index contributed by atoms with van der Waals surface area (Å²) in [5.74, 6) is 0. The van der Waals surface area contributed by atoms with Gasteiger partial charge in [-0.2, -0.15) is 13.5 Å². The molecule has 0 aliphatic heterocycles. The topological polar surface area (TPSA) is 101 Å². The number of aromatic amines is 1. The molecule has 2 rings (SSSR count). The molecule has 0 bridgehead atoms. The summed E-state index contributed by atoms with van der Waals surface area (Å²) in [4.78, 5) is 0. The van der Waals surface area contributed by atoms with Crippen LogP contribution in [0.25, 0.3) is 0 Å². The zero-order valence-electron chi connectivity index (χ0n) is 11.1. The number of aryl methyl sites for hydroxylation is 1. The molecule has 0 aliphatic carbocycles. The van der Waals surface area contributed by atoms with Crippen molar-refractivity contribution in [3.63, 3.8) is 0 Å². The highest BCUT2D eigenvalue weighted by atomic mass is 79.9. The van der Waals surface area contributed by atoms with Crippen molar-refractivity contribution in [2.24, 2.45) is 5.73 Å². The molecular weight excluding hydrogens is 344 g/mol. The van der Waals surface area contributed by atoms with E-state index in [2.05, 4.69) is 30.8 Å². The Morgan fingerprint density at radius 2 is 2.10 bits per heavy atom. The standard InChI is InChI=1S/C12H15BrN4O2S/c1-7-10(13)4-3-5-11(7)17-20(18,19)12-9(6-14)8(2)15-16-12/h3-5,17H,6,14H2,1-2H3,(H,15,16). The number of rotatable bonds is 4. The van der Waals surface area contributed by atoms with Crippen molar-refractivity contribution in [3.05, 3.63) is 39.5 Å². The summed E-state index contributed by atoms with van der Waals surface area (Å²) in [6.07, 6.45) is 0. The number of hydrogen-bond acceptors (Lipinski definition) is 4. The van der Waals surface area contributed by atoms with Crippen molar-refractivity contribution in [2.75, 3.05) is 4.72 Å². The lowest BCUT2D eigenvalue weighted by atomic mass is 10.2. The van der Waals surface area contributed by atoms with Crippen LogP contribution in [-0.2, 0) is 16.6 Å². The third-order valence-corrected chi connectivity index (χ3v) is 5.20. The van der Waals surface area contributed by atoms with E-state index in [0.717, 1.165) is 10.0 Å². The van der Waals surface area contributed by atoms with Crippen molar-refractivity contribution >= 4 is 31.6 Å². The Hall–Kier alpha value is -1.38. The van der Waals surface area contributed by atoms with E-state index in [4.69, 9.17) is 5.73 Å². The average molecular weight is 359 g/mol. The van der Waals surface area contributed by atoms with Crippen LogP contribution in [0, 0.1) is 13.8 Å². The third-order valence-electron chi connectivity index (χ3n) is 3.01. The average Bonchev–Trinajstić information content (AvgIpc) is 2.76. The maximum atomic E-state index is 12.4. The highest BCUT2D eigenvalue weighted by molar-refractivity contribution is 9.10. The Morgan fingerprint density at radius 3 is 2.75 bits per heavy atom. The maximum absolute atomic E-state index is 12.4. The van der Waals surface area contributed by atoms with Gasteiger partial charge in [0.1, 0.15) is 0 Å². The monoisotopic (exact) mass is 358 g/mol. The van der Waals surface area contributed by atoms with E-state index in [1.54, 1.807) is 19.1 Å². The van der Waals surface area contributed by atoms with Gasteiger partial charge in [0.15, 0.2) is 0 Å². The second kappa shape index (κ2) is 5.55. The molecule has 0 amide bonds. The number of anilines is 1. The summed E-state index contributed by atoms with van der Waals surface area (Å²) in [6.45, 7) is 3.66. The quantitative estimate of drug-likeness (QED) is 0.778. The van der Waals surface area contributed by atoms with E-state index < -0.39 is 10.0 Å². The van der Waals surface area contributed by atoms with Crippen molar-refractivity contribution in [1.82, 2.24) is 10.2 Å². The summed E-state index contributed by atoms with van der Waals surface area (Å²) in [6, 6.07) is 5.30. The lowest BCUT2D eigenvalue weighted by Crippen LogP contribution is -2.17. The lowest BCUT2D eigenvalue weighted by molar-refractivity contribution is 0.595. The largest absolute Gasteiger partial charge is 0.326 e. The number of nitrogens with zero attached hydrogens (tertiary/aromatic N) is 1. The fourth-order valence-electron chi connectivity index (χ4n) is 1.80. The third kappa shape index (κ3) is 2.72. The van der Waals surface area contributed by atoms with Crippen LogP contribution in [0.15, 0.2) is 27.7 Å². The van der Waals surface area contributed by atoms with Crippen molar-refractivity contribution in [1.29, 1.82) is 0 Å². The molecule has 0 saturated heterocycles. The van der Waals surface area contributed by atoms with E-state index in [-0.39, 0.29) is 11.6 Å². The summed E-state index contributed by atoms with van der Waals surface area (Å²) in [7, 11) is -3.77. The number of hydrogen-bond donors (Lipinski definition) is 3. The molecule has 1 aromatic carbocycles. The fourth-order valence-corrected chi connectivity index (χ4v) is 3.50. The van der Waals surface area contributed by atoms with Crippen LogP contribution in [-0.4, -0.2) is 18.6 Å². The molecule has 0 saturated carbocycles. The first-order valence-corrected chi connectivity index (χ1v) is 8.16. The molecular formula is C12H15BrN4O2S. The van der Waals surface area contributed by atoms with Gasteiger partial charge in [-0.05, 0) is 31.5 Å². The van der Waals surface area contributed by atoms with Crippen LogP contribution in [0.4, 0.5) is 5.69 Å². The van der Waals surface area contributed by atoms with Crippen molar-refractivity contribution in [3.8, 4) is 0 Å². The molecule has 2 aromatic rings. The summed E-state index contributed by atoms with van der Waals surface area (Å²) in [5.41, 5.74) is 8.03. The molecule has 108 valence electrons. The van der Waals surface area contributed by atoms with Gasteiger partial charge < -0.3 is 5.73 Å². The Morgan fingerprint density at radius 1 is 1.40 bits per heavy atom. The van der Waals surface area contributed by atoms with Gasteiger partial charge in [0.05, 0.1) is 5.69 Å².